The molecular weight excluding hydrogens is 300 g/mol. The molecule has 0 aromatic rings. The number of rotatable bonds is 0. The standard InChI is InChI=1S/C8H8BrClN4S/c9-5-3(1-11)4(2-12)6(10)8-7(5)13-15-14-8/h3-8,13-14H. The highest BCUT2D eigenvalue weighted by Gasteiger charge is 2.52. The third kappa shape index (κ3) is 1.75. The molecule has 2 rings (SSSR count). The quantitative estimate of drug-likeness (QED) is 0.519. The highest BCUT2D eigenvalue weighted by atomic mass is 79.9. The fourth-order valence-electron chi connectivity index (χ4n) is 1.99. The van der Waals surface area contributed by atoms with Gasteiger partial charge in [-0.1, -0.05) is 15.9 Å². The van der Waals surface area contributed by atoms with Gasteiger partial charge in [-0.05, 0) is 0 Å². The lowest BCUT2D eigenvalue weighted by Crippen LogP contribution is -2.57. The number of nitrogens with zero attached hydrogens (tertiary/aromatic N) is 2. The first-order valence-electron chi connectivity index (χ1n) is 4.45. The lowest BCUT2D eigenvalue weighted by atomic mass is 9.75. The van der Waals surface area contributed by atoms with Gasteiger partial charge < -0.3 is 0 Å². The second-order valence-corrected chi connectivity index (χ2v) is 5.82. The molecule has 6 unspecified atom stereocenters. The van der Waals surface area contributed by atoms with Crippen LogP contribution in [0, 0.1) is 34.5 Å². The minimum atomic E-state index is -0.435. The number of hydrogen-bond acceptors (Lipinski definition) is 5. The van der Waals surface area contributed by atoms with E-state index in [2.05, 4.69) is 37.5 Å². The number of nitrogens with one attached hydrogen (secondary N) is 2. The SMILES string of the molecule is N#CC1C(Cl)C2NSNC2C(Br)C1C#N. The number of nitriles is 2. The molecule has 6 atom stereocenters. The fraction of sp³-hybridized carbons (Fsp3) is 0.750. The van der Waals surface area contributed by atoms with Crippen LogP contribution in [0.5, 0.6) is 0 Å². The average molecular weight is 308 g/mol. The van der Waals surface area contributed by atoms with Gasteiger partial charge in [0.2, 0.25) is 0 Å². The largest absolute Gasteiger partial charge is 0.245 e. The zero-order chi connectivity index (χ0) is 11.0. The molecule has 1 saturated heterocycles. The molecule has 7 heteroatoms. The van der Waals surface area contributed by atoms with Crippen LogP contribution < -0.4 is 9.44 Å². The van der Waals surface area contributed by atoms with Gasteiger partial charge in [-0.2, -0.15) is 10.5 Å². The van der Waals surface area contributed by atoms with Crippen molar-refractivity contribution < 1.29 is 0 Å². The summed E-state index contributed by atoms with van der Waals surface area (Å²) in [6.07, 6.45) is 0. The first-order valence-corrected chi connectivity index (χ1v) is 6.62. The van der Waals surface area contributed by atoms with Crippen LogP contribution in [0.25, 0.3) is 0 Å². The summed E-state index contributed by atoms with van der Waals surface area (Å²) in [5, 5.41) is 17.8. The molecule has 2 aliphatic rings. The molecule has 0 aromatic carbocycles. The van der Waals surface area contributed by atoms with E-state index in [1.807, 2.05) is 0 Å². The lowest BCUT2D eigenvalue weighted by molar-refractivity contribution is 0.294. The summed E-state index contributed by atoms with van der Waals surface area (Å²) in [7, 11) is 0. The third-order valence-corrected chi connectivity index (χ3v) is 5.30. The summed E-state index contributed by atoms with van der Waals surface area (Å²) in [6, 6.07) is 4.42. The second-order valence-electron chi connectivity index (χ2n) is 3.59. The van der Waals surface area contributed by atoms with E-state index < -0.39 is 5.92 Å². The van der Waals surface area contributed by atoms with Crippen molar-refractivity contribution in [3.63, 3.8) is 0 Å². The molecule has 0 bridgehead atoms. The van der Waals surface area contributed by atoms with Crippen LogP contribution in [0.2, 0.25) is 0 Å². The van der Waals surface area contributed by atoms with Crippen LogP contribution in [0.15, 0.2) is 0 Å². The topological polar surface area (TPSA) is 71.6 Å². The Labute approximate surface area is 106 Å². The van der Waals surface area contributed by atoms with Gasteiger partial charge in [0.1, 0.15) is 0 Å². The van der Waals surface area contributed by atoms with Gasteiger partial charge in [0.15, 0.2) is 0 Å². The molecule has 0 aromatic heterocycles. The summed E-state index contributed by atoms with van der Waals surface area (Å²) >= 11 is 11.1. The van der Waals surface area contributed by atoms with Gasteiger partial charge >= 0.3 is 0 Å². The van der Waals surface area contributed by atoms with Crippen LogP contribution >= 0.6 is 39.7 Å². The lowest BCUT2D eigenvalue weighted by Gasteiger charge is -2.38. The minimum absolute atomic E-state index is 0.0234. The van der Waals surface area contributed by atoms with Crippen molar-refractivity contribution in [2.75, 3.05) is 0 Å². The first-order chi connectivity index (χ1) is 7.20. The molecule has 0 radical (unpaired) electrons. The van der Waals surface area contributed by atoms with E-state index >= 15 is 0 Å². The zero-order valence-electron chi connectivity index (χ0n) is 7.52. The highest BCUT2D eigenvalue weighted by molar-refractivity contribution is 9.09. The summed E-state index contributed by atoms with van der Waals surface area (Å²) < 4.78 is 6.29. The summed E-state index contributed by atoms with van der Waals surface area (Å²) in [5.74, 6) is -0.804. The van der Waals surface area contributed by atoms with Crippen molar-refractivity contribution >= 4 is 39.7 Å². The van der Waals surface area contributed by atoms with E-state index in [1.54, 1.807) is 0 Å². The van der Waals surface area contributed by atoms with E-state index in [1.165, 1.54) is 12.1 Å². The highest BCUT2D eigenvalue weighted by Crippen LogP contribution is 2.40. The second kappa shape index (κ2) is 4.48. The van der Waals surface area contributed by atoms with Gasteiger partial charge in [-0.15, -0.1) is 11.6 Å². The predicted octanol–water partition coefficient (Wildman–Crippen LogP) is 1.14. The predicted molar refractivity (Wildman–Crippen MR) is 62.0 cm³/mol. The van der Waals surface area contributed by atoms with Crippen LogP contribution in [-0.2, 0) is 0 Å². The van der Waals surface area contributed by atoms with E-state index in [4.69, 9.17) is 22.1 Å². The van der Waals surface area contributed by atoms with Gasteiger partial charge in [-0.3, -0.25) is 0 Å². The first kappa shape index (κ1) is 11.5. The molecule has 0 amide bonds. The van der Waals surface area contributed by atoms with Crippen molar-refractivity contribution in [3.05, 3.63) is 0 Å². The Morgan fingerprint density at radius 1 is 1.13 bits per heavy atom. The van der Waals surface area contributed by atoms with Gasteiger partial charge in [0, 0.05) is 23.0 Å². The van der Waals surface area contributed by atoms with Crippen molar-refractivity contribution in [2.45, 2.75) is 22.3 Å². The average Bonchev–Trinajstić information content (AvgIpc) is 2.72. The van der Waals surface area contributed by atoms with Crippen molar-refractivity contribution in [1.29, 1.82) is 10.5 Å². The zero-order valence-corrected chi connectivity index (χ0v) is 10.7. The van der Waals surface area contributed by atoms with E-state index in [0.29, 0.717) is 0 Å². The Kier molecular flexibility index (Phi) is 3.44. The molecular formula is C8H8BrClN4S. The smallest absolute Gasteiger partial charge is 0.0812 e. The van der Waals surface area contributed by atoms with Gasteiger partial charge in [0.25, 0.3) is 0 Å². The maximum atomic E-state index is 9.06. The van der Waals surface area contributed by atoms with Crippen LogP contribution in [-0.4, -0.2) is 22.3 Å². The molecule has 15 heavy (non-hydrogen) atoms. The fourth-order valence-corrected chi connectivity index (χ4v) is 4.51. The molecule has 80 valence electrons. The van der Waals surface area contributed by atoms with Crippen LogP contribution in [0.1, 0.15) is 0 Å². The molecule has 1 heterocycles. The van der Waals surface area contributed by atoms with E-state index in [9.17, 15) is 0 Å². The molecule has 1 saturated carbocycles. The maximum absolute atomic E-state index is 9.06. The summed E-state index contributed by atoms with van der Waals surface area (Å²) in [5.41, 5.74) is 0. The molecule has 1 aliphatic heterocycles. The van der Waals surface area contributed by atoms with Crippen molar-refractivity contribution in [3.8, 4) is 12.1 Å². The number of halogens is 2. The normalized spacial score (nSPS) is 49.1. The molecule has 2 fully saturated rings. The van der Waals surface area contributed by atoms with Crippen molar-refractivity contribution in [1.82, 2.24) is 9.44 Å². The Hall–Kier alpha value is 0.0200. The maximum Gasteiger partial charge on any atom is 0.0812 e. The molecule has 2 N–H and O–H groups in total. The third-order valence-electron chi connectivity index (χ3n) is 2.83. The van der Waals surface area contributed by atoms with E-state index in [-0.39, 0.29) is 28.2 Å². The molecule has 4 nitrogen and oxygen atoms in total. The Balaban J connectivity index is 2.29. The minimum Gasteiger partial charge on any atom is -0.245 e. The summed E-state index contributed by atoms with van der Waals surface area (Å²) in [6.45, 7) is 0. The van der Waals surface area contributed by atoms with Gasteiger partial charge in [-0.25, -0.2) is 9.44 Å². The molecule has 0 spiro atoms. The Bertz CT molecular complexity index is 309. The number of fused-ring (bicyclic) bond motifs is 1. The Morgan fingerprint density at radius 2 is 1.73 bits per heavy atom. The van der Waals surface area contributed by atoms with Crippen LogP contribution in [0.4, 0.5) is 0 Å². The van der Waals surface area contributed by atoms with Crippen LogP contribution in [0.3, 0.4) is 0 Å². The number of alkyl halides is 2. The van der Waals surface area contributed by atoms with Gasteiger partial charge in [0.05, 0.1) is 35.4 Å². The monoisotopic (exact) mass is 306 g/mol. The Morgan fingerprint density at radius 3 is 2.33 bits per heavy atom. The summed E-state index contributed by atoms with van der Waals surface area (Å²) in [4.78, 5) is -0.0466. The van der Waals surface area contributed by atoms with E-state index in [0.717, 1.165) is 0 Å². The van der Waals surface area contributed by atoms with Crippen molar-refractivity contribution in [2.24, 2.45) is 11.8 Å². The molecule has 1 aliphatic carbocycles. The number of hydrogen-bond donors (Lipinski definition) is 2.